The molecular weight excluding hydrogens is 222 g/mol. The van der Waals surface area contributed by atoms with Crippen LogP contribution >= 0.6 is 0 Å². The maximum absolute atomic E-state index is 11.6. The van der Waals surface area contributed by atoms with Crippen molar-refractivity contribution in [2.45, 2.75) is 4.90 Å². The van der Waals surface area contributed by atoms with Crippen molar-refractivity contribution in [1.29, 1.82) is 0 Å². The van der Waals surface area contributed by atoms with Gasteiger partial charge in [-0.15, -0.1) is 4.41 Å². The second kappa shape index (κ2) is 4.26. The number of rotatable bonds is 2. The zero-order chi connectivity index (χ0) is 11.5. The summed E-state index contributed by atoms with van der Waals surface area (Å²) in [6.45, 7) is 0. The standard InChI is InChI=1S/C7H9N3O4S/c8-10(7(11)9-12)15(13,14)6-4-2-1-3-5-6/h1-5,12H,8H2,(H,9,11). The Balaban J connectivity index is 3.09. The molecule has 0 unspecified atom stereocenters. The molecule has 0 saturated heterocycles. The van der Waals surface area contributed by atoms with Gasteiger partial charge in [-0.3, -0.25) is 5.21 Å². The number of hydroxylamine groups is 1. The number of urea groups is 1. The first-order valence-corrected chi connectivity index (χ1v) is 5.23. The number of nitrogens with zero attached hydrogens (tertiary/aromatic N) is 1. The van der Waals surface area contributed by atoms with E-state index in [2.05, 4.69) is 0 Å². The molecule has 0 saturated carbocycles. The molecule has 2 amide bonds. The molecule has 7 nitrogen and oxygen atoms in total. The van der Waals surface area contributed by atoms with Crippen molar-refractivity contribution in [3.63, 3.8) is 0 Å². The van der Waals surface area contributed by atoms with Crippen molar-refractivity contribution in [2.75, 3.05) is 0 Å². The minimum Gasteiger partial charge on any atom is -0.287 e. The molecule has 0 heterocycles. The Morgan fingerprint density at radius 2 is 1.87 bits per heavy atom. The average Bonchev–Trinajstić information content (AvgIpc) is 2.28. The summed E-state index contributed by atoms with van der Waals surface area (Å²) in [6.07, 6.45) is 0. The normalized spacial score (nSPS) is 10.8. The van der Waals surface area contributed by atoms with E-state index in [1.165, 1.54) is 24.3 Å². The molecule has 0 spiro atoms. The van der Waals surface area contributed by atoms with Gasteiger partial charge in [-0.05, 0) is 12.1 Å². The predicted octanol–water partition coefficient (Wildman–Crippen LogP) is -0.350. The minimum absolute atomic E-state index is 0.0810. The molecule has 82 valence electrons. The number of carbonyl (C=O) groups excluding carboxylic acids is 1. The van der Waals surface area contributed by atoms with Gasteiger partial charge in [0.2, 0.25) is 0 Å². The molecule has 0 aromatic heterocycles. The molecule has 1 rings (SSSR count). The number of nitrogens with two attached hydrogens (primary N) is 1. The molecule has 4 N–H and O–H groups in total. The third-order valence-electron chi connectivity index (χ3n) is 1.60. The summed E-state index contributed by atoms with van der Waals surface area (Å²) in [6, 6.07) is 5.81. The SMILES string of the molecule is NN(C(=O)NO)S(=O)(=O)c1ccccc1. The van der Waals surface area contributed by atoms with Gasteiger partial charge in [0.1, 0.15) is 0 Å². The highest BCUT2D eigenvalue weighted by Gasteiger charge is 2.25. The summed E-state index contributed by atoms with van der Waals surface area (Å²) < 4.78 is 23.0. The summed E-state index contributed by atoms with van der Waals surface area (Å²) in [4.78, 5) is 10.6. The highest BCUT2D eigenvalue weighted by molar-refractivity contribution is 7.89. The molecule has 0 radical (unpaired) electrons. The lowest BCUT2D eigenvalue weighted by atomic mass is 10.4. The summed E-state index contributed by atoms with van der Waals surface area (Å²) in [7, 11) is -4.11. The quantitative estimate of drug-likeness (QED) is 0.279. The van der Waals surface area contributed by atoms with Gasteiger partial charge in [0.15, 0.2) is 0 Å². The van der Waals surface area contributed by atoms with Gasteiger partial charge in [-0.25, -0.2) is 16.1 Å². The number of hydrogen-bond donors (Lipinski definition) is 3. The van der Waals surface area contributed by atoms with E-state index in [0.717, 1.165) is 5.48 Å². The lowest BCUT2D eigenvalue weighted by Gasteiger charge is -2.14. The largest absolute Gasteiger partial charge is 0.369 e. The molecule has 0 fully saturated rings. The third kappa shape index (κ3) is 2.24. The van der Waals surface area contributed by atoms with Crippen molar-refractivity contribution >= 4 is 16.1 Å². The van der Waals surface area contributed by atoms with E-state index in [1.807, 2.05) is 0 Å². The van der Waals surface area contributed by atoms with Crippen molar-refractivity contribution in [2.24, 2.45) is 5.84 Å². The second-order valence-corrected chi connectivity index (χ2v) is 4.35. The average molecular weight is 231 g/mol. The summed E-state index contributed by atoms with van der Waals surface area (Å²) >= 11 is 0. The zero-order valence-corrected chi connectivity index (χ0v) is 8.31. The van der Waals surface area contributed by atoms with Gasteiger partial charge >= 0.3 is 6.03 Å². The Labute approximate surface area is 86.1 Å². The number of nitrogens with one attached hydrogen (secondary N) is 1. The fourth-order valence-corrected chi connectivity index (χ4v) is 1.85. The maximum Gasteiger partial charge on any atom is 0.369 e. The van der Waals surface area contributed by atoms with Crippen molar-refractivity contribution in [3.05, 3.63) is 30.3 Å². The number of carbonyl (C=O) groups is 1. The Morgan fingerprint density at radius 1 is 1.33 bits per heavy atom. The molecule has 0 aliphatic rings. The van der Waals surface area contributed by atoms with Crippen LogP contribution in [0.2, 0.25) is 0 Å². The van der Waals surface area contributed by atoms with Crippen LogP contribution in [0, 0.1) is 0 Å². The molecule has 8 heteroatoms. The van der Waals surface area contributed by atoms with E-state index in [0.29, 0.717) is 0 Å². The fourth-order valence-electron chi connectivity index (χ4n) is 0.864. The van der Waals surface area contributed by atoms with Crippen LogP contribution in [-0.4, -0.2) is 24.1 Å². The topological polar surface area (TPSA) is 113 Å². The Morgan fingerprint density at radius 3 is 2.33 bits per heavy atom. The Hall–Kier alpha value is -1.64. The van der Waals surface area contributed by atoms with Crippen molar-refractivity contribution < 1.29 is 18.4 Å². The number of hydrogen-bond acceptors (Lipinski definition) is 5. The molecule has 1 aromatic rings. The van der Waals surface area contributed by atoms with Crippen LogP contribution in [0.4, 0.5) is 4.79 Å². The van der Waals surface area contributed by atoms with E-state index in [4.69, 9.17) is 11.0 Å². The molecule has 0 atom stereocenters. The van der Waals surface area contributed by atoms with E-state index in [9.17, 15) is 13.2 Å². The smallest absolute Gasteiger partial charge is 0.287 e. The summed E-state index contributed by atoms with van der Waals surface area (Å²) in [5.74, 6) is 5.01. The van der Waals surface area contributed by atoms with Crippen LogP contribution in [-0.2, 0) is 10.0 Å². The van der Waals surface area contributed by atoms with Gasteiger partial charge in [-0.1, -0.05) is 18.2 Å². The Bertz CT molecular complexity index is 445. The van der Waals surface area contributed by atoms with Crippen LogP contribution in [0.1, 0.15) is 0 Å². The van der Waals surface area contributed by atoms with Gasteiger partial charge in [0.05, 0.1) is 4.90 Å². The van der Waals surface area contributed by atoms with E-state index < -0.39 is 16.1 Å². The monoisotopic (exact) mass is 231 g/mol. The van der Waals surface area contributed by atoms with E-state index in [1.54, 1.807) is 6.07 Å². The lowest BCUT2D eigenvalue weighted by Crippen LogP contribution is -2.47. The maximum atomic E-state index is 11.6. The molecule has 0 bridgehead atoms. The van der Waals surface area contributed by atoms with Gasteiger partial charge in [-0.2, -0.15) is 8.42 Å². The highest BCUT2D eigenvalue weighted by Crippen LogP contribution is 2.11. The minimum atomic E-state index is -4.11. The number of sulfonamides is 1. The van der Waals surface area contributed by atoms with Crippen LogP contribution in [0.15, 0.2) is 35.2 Å². The lowest BCUT2D eigenvalue weighted by molar-refractivity contribution is 0.147. The van der Waals surface area contributed by atoms with Gasteiger partial charge in [0, 0.05) is 0 Å². The summed E-state index contributed by atoms with van der Waals surface area (Å²) in [5.41, 5.74) is 1.12. The third-order valence-corrected chi connectivity index (χ3v) is 3.15. The molecular formula is C7H9N3O4S. The van der Waals surface area contributed by atoms with E-state index >= 15 is 0 Å². The molecule has 1 aromatic carbocycles. The molecule has 0 aliphatic heterocycles. The first-order chi connectivity index (χ1) is 7.00. The summed E-state index contributed by atoms with van der Waals surface area (Å²) in [5, 5.41) is 8.23. The first kappa shape index (κ1) is 11.4. The number of benzene rings is 1. The van der Waals surface area contributed by atoms with Crippen LogP contribution in [0.3, 0.4) is 0 Å². The van der Waals surface area contributed by atoms with Crippen molar-refractivity contribution in [1.82, 2.24) is 9.89 Å². The Kier molecular flexibility index (Phi) is 3.24. The van der Waals surface area contributed by atoms with Crippen LogP contribution in [0.5, 0.6) is 0 Å². The van der Waals surface area contributed by atoms with Crippen molar-refractivity contribution in [3.8, 4) is 0 Å². The number of hydrazine groups is 1. The van der Waals surface area contributed by atoms with Gasteiger partial charge < -0.3 is 0 Å². The first-order valence-electron chi connectivity index (χ1n) is 3.79. The van der Waals surface area contributed by atoms with Crippen LogP contribution < -0.4 is 11.3 Å². The highest BCUT2D eigenvalue weighted by atomic mass is 32.2. The number of amides is 2. The predicted molar refractivity (Wildman–Crippen MR) is 50.0 cm³/mol. The fraction of sp³-hybridized carbons (Fsp3) is 0. The molecule has 0 aliphatic carbocycles. The molecule has 15 heavy (non-hydrogen) atoms. The van der Waals surface area contributed by atoms with E-state index in [-0.39, 0.29) is 9.31 Å². The zero-order valence-electron chi connectivity index (χ0n) is 7.49. The van der Waals surface area contributed by atoms with Gasteiger partial charge in [0.25, 0.3) is 10.0 Å². The second-order valence-electron chi connectivity index (χ2n) is 2.53. The van der Waals surface area contributed by atoms with Crippen LogP contribution in [0.25, 0.3) is 0 Å².